The first-order valence-electron chi connectivity index (χ1n) is 11.0. The van der Waals surface area contributed by atoms with Gasteiger partial charge in [0.15, 0.2) is 0 Å². The van der Waals surface area contributed by atoms with Crippen LogP contribution in [0.3, 0.4) is 0 Å². The molecule has 2 atom stereocenters. The molecular weight excluding hydrogens is 462 g/mol. The number of rotatable bonds is 7. The Morgan fingerprint density at radius 2 is 1.71 bits per heavy atom. The van der Waals surface area contributed by atoms with Crippen molar-refractivity contribution in [3.05, 3.63) is 106 Å². The number of nitrogens with zero attached hydrogens (tertiary/aromatic N) is 2. The molecule has 1 saturated heterocycles. The molecule has 0 aromatic heterocycles. The summed E-state index contributed by atoms with van der Waals surface area (Å²) >= 11 is 6.34. The highest BCUT2D eigenvalue weighted by atomic mass is 35.5. The maximum Gasteiger partial charge on any atom is 0.410 e. The summed E-state index contributed by atoms with van der Waals surface area (Å²) in [5.74, 6) is -1.09. The van der Waals surface area contributed by atoms with E-state index in [-0.39, 0.29) is 38.3 Å². The summed E-state index contributed by atoms with van der Waals surface area (Å²) in [5, 5.41) is 11.3. The summed E-state index contributed by atoms with van der Waals surface area (Å²) < 4.78 is 33.6. The highest BCUT2D eigenvalue weighted by Gasteiger charge is 2.39. The van der Waals surface area contributed by atoms with Crippen molar-refractivity contribution in [1.82, 2.24) is 9.80 Å². The van der Waals surface area contributed by atoms with Crippen molar-refractivity contribution in [1.29, 1.82) is 0 Å². The lowest BCUT2D eigenvalue weighted by atomic mass is 10.1. The van der Waals surface area contributed by atoms with E-state index >= 15 is 0 Å². The molecule has 1 heterocycles. The minimum atomic E-state index is -0.900. The van der Waals surface area contributed by atoms with Gasteiger partial charge in [-0.2, -0.15) is 0 Å². The molecule has 0 unspecified atom stereocenters. The Hall–Kier alpha value is -3.00. The summed E-state index contributed by atoms with van der Waals surface area (Å²) in [5.41, 5.74) is 1.79. The molecule has 1 fully saturated rings. The molecule has 3 aromatic rings. The third-order valence-corrected chi connectivity index (χ3v) is 6.27. The third-order valence-electron chi connectivity index (χ3n) is 5.90. The Morgan fingerprint density at radius 3 is 2.47 bits per heavy atom. The Morgan fingerprint density at radius 1 is 1.00 bits per heavy atom. The summed E-state index contributed by atoms with van der Waals surface area (Å²) in [6, 6.07) is 19.3. The molecule has 3 aromatic carbocycles. The van der Waals surface area contributed by atoms with Gasteiger partial charge in [-0.3, -0.25) is 4.90 Å². The number of hydrogen-bond donors (Lipinski definition) is 1. The lowest BCUT2D eigenvalue weighted by Gasteiger charge is -2.31. The highest BCUT2D eigenvalue weighted by Crippen LogP contribution is 2.26. The second-order valence-electron chi connectivity index (χ2n) is 8.31. The van der Waals surface area contributed by atoms with Crippen LogP contribution in [0.2, 0.25) is 5.02 Å². The molecule has 1 N–H and O–H groups in total. The van der Waals surface area contributed by atoms with Gasteiger partial charge in [-0.05, 0) is 35.4 Å². The first-order chi connectivity index (χ1) is 16.4. The van der Waals surface area contributed by atoms with Gasteiger partial charge in [-0.1, -0.05) is 60.1 Å². The van der Waals surface area contributed by atoms with Crippen LogP contribution >= 0.6 is 11.6 Å². The van der Waals surface area contributed by atoms with Gasteiger partial charge < -0.3 is 14.7 Å². The summed E-state index contributed by atoms with van der Waals surface area (Å²) in [7, 11) is 0. The Bertz CT molecular complexity index is 1130. The van der Waals surface area contributed by atoms with E-state index in [1.165, 1.54) is 4.90 Å². The molecule has 1 aliphatic rings. The SMILES string of the molecule is O=C(OCc1ccccc1)N1C[C@@H](O)[C@H](N(Cc2cc(F)ccc2F)Cc2ccccc2Cl)C1. The minimum Gasteiger partial charge on any atom is -0.445 e. The second kappa shape index (κ2) is 11.0. The van der Waals surface area contributed by atoms with Gasteiger partial charge in [0.2, 0.25) is 0 Å². The van der Waals surface area contributed by atoms with Crippen molar-refractivity contribution >= 4 is 17.7 Å². The average molecular weight is 487 g/mol. The molecular formula is C26H25ClF2N2O3. The number of aliphatic hydroxyl groups is 1. The molecule has 8 heteroatoms. The van der Waals surface area contributed by atoms with Crippen LogP contribution in [0.1, 0.15) is 16.7 Å². The number of aliphatic hydroxyl groups excluding tert-OH is 1. The molecule has 1 amide bonds. The normalized spacial score (nSPS) is 17.9. The number of amides is 1. The van der Waals surface area contributed by atoms with E-state index in [2.05, 4.69) is 0 Å². The van der Waals surface area contributed by atoms with E-state index in [1.54, 1.807) is 12.1 Å². The predicted molar refractivity (Wildman–Crippen MR) is 125 cm³/mol. The lowest BCUT2D eigenvalue weighted by molar-refractivity contribution is 0.0721. The first kappa shape index (κ1) is 24.1. The Balaban J connectivity index is 1.51. The van der Waals surface area contributed by atoms with E-state index < -0.39 is 29.9 Å². The molecule has 34 heavy (non-hydrogen) atoms. The van der Waals surface area contributed by atoms with Crippen molar-refractivity contribution in [2.24, 2.45) is 0 Å². The first-order valence-corrected chi connectivity index (χ1v) is 11.3. The van der Waals surface area contributed by atoms with E-state index in [1.807, 2.05) is 47.4 Å². The molecule has 0 radical (unpaired) electrons. The van der Waals surface area contributed by atoms with Crippen molar-refractivity contribution in [2.45, 2.75) is 31.8 Å². The maximum absolute atomic E-state index is 14.4. The third kappa shape index (κ3) is 5.91. The molecule has 0 aliphatic carbocycles. The van der Waals surface area contributed by atoms with Crippen molar-refractivity contribution in [2.75, 3.05) is 13.1 Å². The number of β-amino-alcohol motifs (C(OH)–C–C–N with tert-alkyl or cyclic N) is 1. The van der Waals surface area contributed by atoms with Crippen LogP contribution in [0.5, 0.6) is 0 Å². The topological polar surface area (TPSA) is 53.0 Å². The van der Waals surface area contributed by atoms with Gasteiger partial charge in [0.1, 0.15) is 18.2 Å². The quantitative estimate of drug-likeness (QED) is 0.510. The fourth-order valence-electron chi connectivity index (χ4n) is 4.11. The number of ether oxygens (including phenoxy) is 1. The number of likely N-dealkylation sites (tertiary alicyclic amines) is 1. The summed E-state index contributed by atoms with van der Waals surface area (Å²) in [6.07, 6.45) is -1.44. The van der Waals surface area contributed by atoms with E-state index in [0.717, 1.165) is 29.3 Å². The predicted octanol–water partition coefficient (Wildman–Crippen LogP) is 5.00. The van der Waals surface area contributed by atoms with Crippen LogP contribution in [0, 0.1) is 11.6 Å². The monoisotopic (exact) mass is 486 g/mol. The lowest BCUT2D eigenvalue weighted by Crippen LogP contribution is -2.43. The molecule has 1 aliphatic heterocycles. The van der Waals surface area contributed by atoms with E-state index in [9.17, 15) is 18.7 Å². The van der Waals surface area contributed by atoms with Crippen LogP contribution in [0.25, 0.3) is 0 Å². The minimum absolute atomic E-state index is 0.0312. The van der Waals surface area contributed by atoms with Gasteiger partial charge in [0.05, 0.1) is 18.7 Å². The fourth-order valence-corrected chi connectivity index (χ4v) is 4.30. The average Bonchev–Trinajstić information content (AvgIpc) is 3.23. The van der Waals surface area contributed by atoms with E-state index in [4.69, 9.17) is 16.3 Å². The molecule has 4 rings (SSSR count). The van der Waals surface area contributed by atoms with Crippen LogP contribution in [0.4, 0.5) is 13.6 Å². The van der Waals surface area contributed by atoms with Crippen molar-refractivity contribution in [3.63, 3.8) is 0 Å². The Kier molecular flexibility index (Phi) is 7.77. The number of halogens is 3. The van der Waals surface area contributed by atoms with Gasteiger partial charge in [0, 0.05) is 30.2 Å². The van der Waals surface area contributed by atoms with Crippen molar-refractivity contribution in [3.8, 4) is 0 Å². The largest absolute Gasteiger partial charge is 0.445 e. The Labute approximate surface area is 202 Å². The summed E-state index contributed by atoms with van der Waals surface area (Å²) in [4.78, 5) is 15.9. The van der Waals surface area contributed by atoms with E-state index in [0.29, 0.717) is 5.02 Å². The number of carbonyl (C=O) groups is 1. The van der Waals surface area contributed by atoms with Crippen LogP contribution < -0.4 is 0 Å². The van der Waals surface area contributed by atoms with Gasteiger partial charge in [0.25, 0.3) is 0 Å². The van der Waals surface area contributed by atoms with Crippen LogP contribution in [0.15, 0.2) is 72.8 Å². The molecule has 0 spiro atoms. The smallest absolute Gasteiger partial charge is 0.410 e. The number of benzene rings is 3. The zero-order valence-corrected chi connectivity index (χ0v) is 19.2. The van der Waals surface area contributed by atoms with Crippen molar-refractivity contribution < 1.29 is 23.4 Å². The van der Waals surface area contributed by atoms with Crippen LogP contribution in [-0.2, 0) is 24.4 Å². The highest BCUT2D eigenvalue weighted by molar-refractivity contribution is 6.31. The number of hydrogen-bond acceptors (Lipinski definition) is 4. The molecule has 0 saturated carbocycles. The molecule has 0 bridgehead atoms. The van der Waals surface area contributed by atoms with Gasteiger partial charge >= 0.3 is 6.09 Å². The standard InChI is InChI=1S/C26H25ClF2N2O3/c27-22-9-5-4-8-19(22)13-30(14-20-12-21(28)10-11-23(20)29)24-15-31(16-25(24)32)26(33)34-17-18-6-2-1-3-7-18/h1-12,24-25,32H,13-17H2/t24-,25-/m1/s1. The molecule has 178 valence electrons. The number of carbonyl (C=O) groups excluding carboxylic acids is 1. The maximum atomic E-state index is 14.4. The zero-order chi connectivity index (χ0) is 24.1. The van der Waals surface area contributed by atoms with Gasteiger partial charge in [-0.15, -0.1) is 0 Å². The summed E-state index contributed by atoms with van der Waals surface area (Å²) in [6.45, 7) is 0.682. The second-order valence-corrected chi connectivity index (χ2v) is 8.72. The zero-order valence-electron chi connectivity index (χ0n) is 18.4. The molecule has 5 nitrogen and oxygen atoms in total. The fraction of sp³-hybridized carbons (Fsp3) is 0.269. The van der Waals surface area contributed by atoms with Gasteiger partial charge in [-0.25, -0.2) is 13.6 Å². The van der Waals surface area contributed by atoms with Crippen LogP contribution in [-0.4, -0.2) is 46.2 Å².